The quantitative estimate of drug-likeness (QED) is 0.0448. The Labute approximate surface area is 300 Å². The van der Waals surface area contributed by atoms with Crippen LogP contribution in [0.5, 0.6) is 0 Å². The lowest BCUT2D eigenvalue weighted by molar-refractivity contribution is -0.123. The van der Waals surface area contributed by atoms with Gasteiger partial charge in [-0.25, -0.2) is 0 Å². The van der Waals surface area contributed by atoms with E-state index < -0.39 is 12.1 Å². The van der Waals surface area contributed by atoms with Crippen molar-refractivity contribution in [2.24, 2.45) is 0 Å². The van der Waals surface area contributed by atoms with Crippen LogP contribution in [0.2, 0.25) is 0 Å². The van der Waals surface area contributed by atoms with Gasteiger partial charge in [-0.1, -0.05) is 205 Å². The van der Waals surface area contributed by atoms with Crippen molar-refractivity contribution in [1.29, 1.82) is 0 Å². The molecule has 0 saturated heterocycles. The monoisotopic (exact) mass is 676 g/mol. The maximum atomic E-state index is 12.3. The number of carbonyl (C=O) groups is 1. The molecule has 0 aromatic carbocycles. The lowest BCUT2D eigenvalue weighted by atomic mass is 10.0. The number of rotatable bonds is 39. The Bertz CT molecular complexity index is 691. The first-order valence-electron chi connectivity index (χ1n) is 21.6. The summed E-state index contributed by atoms with van der Waals surface area (Å²) >= 11 is 0. The first kappa shape index (κ1) is 46.9. The van der Waals surface area contributed by atoms with E-state index in [4.69, 9.17) is 0 Å². The Kier molecular flexibility index (Phi) is 39.4. The van der Waals surface area contributed by atoms with Crippen LogP contribution in [0.15, 0.2) is 24.3 Å². The molecule has 0 aromatic rings. The zero-order chi connectivity index (χ0) is 35.0. The number of unbranched alkanes of at least 4 members (excludes halogenated alkanes) is 30. The molecule has 0 spiro atoms. The average molecular weight is 676 g/mol. The molecule has 4 nitrogen and oxygen atoms in total. The van der Waals surface area contributed by atoms with Crippen LogP contribution in [-0.2, 0) is 4.79 Å². The third kappa shape index (κ3) is 36.2. The van der Waals surface area contributed by atoms with Gasteiger partial charge in [0, 0.05) is 6.42 Å². The Morgan fingerprint density at radius 3 is 1.15 bits per heavy atom. The number of amides is 1. The highest BCUT2D eigenvalue weighted by molar-refractivity contribution is 5.76. The minimum atomic E-state index is -0.839. The lowest BCUT2D eigenvalue weighted by Crippen LogP contribution is -2.45. The zero-order valence-electron chi connectivity index (χ0n) is 32.5. The maximum Gasteiger partial charge on any atom is 0.220 e. The van der Waals surface area contributed by atoms with E-state index >= 15 is 0 Å². The Hall–Kier alpha value is -1.13. The standard InChI is InChI=1S/C44H85NO3/c1-3-5-7-9-11-13-15-17-19-20-21-22-23-24-25-26-27-29-31-33-35-37-39-43(47)42(41-46)45-44(48)40-38-36-34-32-30-28-18-16-14-12-10-8-6-4-2/h16,18,37,39,42-43,46-47H,3-15,17,19-36,38,40-41H2,1-2H3,(H,45,48)/b18-16-,39-37+. The smallest absolute Gasteiger partial charge is 0.220 e. The van der Waals surface area contributed by atoms with Gasteiger partial charge in [0.2, 0.25) is 5.91 Å². The van der Waals surface area contributed by atoms with Crippen LogP contribution in [0, 0.1) is 0 Å². The van der Waals surface area contributed by atoms with Gasteiger partial charge in [0.1, 0.15) is 0 Å². The number of nitrogens with one attached hydrogen (secondary N) is 1. The second kappa shape index (κ2) is 40.3. The molecule has 48 heavy (non-hydrogen) atoms. The second-order valence-electron chi connectivity index (χ2n) is 14.8. The van der Waals surface area contributed by atoms with E-state index in [-0.39, 0.29) is 12.5 Å². The largest absolute Gasteiger partial charge is 0.394 e. The molecular weight excluding hydrogens is 590 g/mol. The number of aliphatic hydroxyl groups is 2. The number of allylic oxidation sites excluding steroid dienone is 3. The molecule has 284 valence electrons. The Balaban J connectivity index is 3.55. The highest BCUT2D eigenvalue weighted by atomic mass is 16.3. The van der Waals surface area contributed by atoms with Gasteiger partial charge in [0.15, 0.2) is 0 Å². The van der Waals surface area contributed by atoms with Crippen molar-refractivity contribution in [3.05, 3.63) is 24.3 Å². The van der Waals surface area contributed by atoms with E-state index in [1.807, 2.05) is 6.08 Å². The summed E-state index contributed by atoms with van der Waals surface area (Å²) in [6.07, 6.45) is 51.4. The van der Waals surface area contributed by atoms with Gasteiger partial charge in [0.25, 0.3) is 0 Å². The second-order valence-corrected chi connectivity index (χ2v) is 14.8. The van der Waals surface area contributed by atoms with Crippen LogP contribution in [0.3, 0.4) is 0 Å². The van der Waals surface area contributed by atoms with E-state index in [1.54, 1.807) is 6.08 Å². The molecule has 2 unspecified atom stereocenters. The molecule has 0 aromatic heterocycles. The minimum Gasteiger partial charge on any atom is -0.394 e. The average Bonchev–Trinajstić information content (AvgIpc) is 3.09. The van der Waals surface area contributed by atoms with Crippen LogP contribution >= 0.6 is 0 Å². The molecule has 0 bridgehead atoms. The van der Waals surface area contributed by atoms with Gasteiger partial charge < -0.3 is 15.5 Å². The fraction of sp³-hybridized carbons (Fsp3) is 0.886. The van der Waals surface area contributed by atoms with E-state index in [0.717, 1.165) is 32.1 Å². The number of hydrogen-bond donors (Lipinski definition) is 3. The van der Waals surface area contributed by atoms with E-state index in [9.17, 15) is 15.0 Å². The predicted octanol–water partition coefficient (Wildman–Crippen LogP) is 13.2. The summed E-state index contributed by atoms with van der Waals surface area (Å²) in [6.45, 7) is 4.30. The summed E-state index contributed by atoms with van der Waals surface area (Å²) < 4.78 is 0. The molecule has 0 aliphatic carbocycles. The highest BCUT2D eigenvalue weighted by Gasteiger charge is 2.17. The molecule has 0 aliphatic rings. The summed E-state index contributed by atoms with van der Waals surface area (Å²) in [6, 6.07) is -0.623. The van der Waals surface area contributed by atoms with E-state index in [2.05, 4.69) is 31.3 Å². The summed E-state index contributed by atoms with van der Waals surface area (Å²) in [7, 11) is 0. The van der Waals surface area contributed by atoms with Crippen LogP contribution in [0.4, 0.5) is 0 Å². The number of hydrogen-bond acceptors (Lipinski definition) is 3. The van der Waals surface area contributed by atoms with Crippen molar-refractivity contribution in [3.63, 3.8) is 0 Å². The van der Waals surface area contributed by atoms with Crippen LogP contribution < -0.4 is 5.32 Å². The fourth-order valence-corrected chi connectivity index (χ4v) is 6.58. The van der Waals surface area contributed by atoms with Gasteiger partial charge in [-0.05, 0) is 44.9 Å². The normalized spacial score (nSPS) is 13.2. The Morgan fingerprint density at radius 1 is 0.479 bits per heavy atom. The third-order valence-corrected chi connectivity index (χ3v) is 9.93. The summed E-state index contributed by atoms with van der Waals surface area (Å²) in [4.78, 5) is 12.3. The molecule has 0 fully saturated rings. The lowest BCUT2D eigenvalue weighted by Gasteiger charge is -2.20. The molecule has 1 amide bonds. The van der Waals surface area contributed by atoms with Crippen molar-refractivity contribution >= 4 is 5.91 Å². The minimum absolute atomic E-state index is 0.0718. The third-order valence-electron chi connectivity index (χ3n) is 9.93. The van der Waals surface area contributed by atoms with Crippen LogP contribution in [-0.4, -0.2) is 34.9 Å². The summed E-state index contributed by atoms with van der Waals surface area (Å²) in [5, 5.41) is 23.0. The number of carbonyl (C=O) groups excluding carboxylic acids is 1. The van der Waals surface area contributed by atoms with E-state index in [1.165, 1.54) is 180 Å². The molecule has 0 aliphatic heterocycles. The molecular formula is C44H85NO3. The van der Waals surface area contributed by atoms with Crippen molar-refractivity contribution in [2.45, 2.75) is 244 Å². The summed E-state index contributed by atoms with van der Waals surface area (Å²) in [5.74, 6) is -0.0718. The molecule has 4 heteroatoms. The van der Waals surface area contributed by atoms with Gasteiger partial charge in [-0.3, -0.25) is 4.79 Å². The van der Waals surface area contributed by atoms with Gasteiger partial charge >= 0.3 is 0 Å². The molecule has 0 radical (unpaired) electrons. The fourth-order valence-electron chi connectivity index (χ4n) is 6.58. The number of aliphatic hydroxyl groups excluding tert-OH is 2. The molecule has 2 atom stereocenters. The highest BCUT2D eigenvalue weighted by Crippen LogP contribution is 2.15. The van der Waals surface area contributed by atoms with E-state index in [0.29, 0.717) is 6.42 Å². The molecule has 3 N–H and O–H groups in total. The first-order valence-corrected chi connectivity index (χ1v) is 21.6. The molecule has 0 saturated carbocycles. The SMILES string of the molecule is CCCCCCC/C=C\CCCCCCCC(=O)NC(CO)C(O)/C=C/CCCCCCCCCCCCCCCCCCCCCC. The van der Waals surface area contributed by atoms with Crippen molar-refractivity contribution in [3.8, 4) is 0 Å². The summed E-state index contributed by atoms with van der Waals surface area (Å²) in [5.41, 5.74) is 0. The van der Waals surface area contributed by atoms with Gasteiger partial charge in [0.05, 0.1) is 18.8 Å². The van der Waals surface area contributed by atoms with Crippen LogP contribution in [0.25, 0.3) is 0 Å². The van der Waals surface area contributed by atoms with Gasteiger partial charge in [-0.15, -0.1) is 0 Å². The predicted molar refractivity (Wildman–Crippen MR) is 212 cm³/mol. The van der Waals surface area contributed by atoms with Crippen molar-refractivity contribution in [1.82, 2.24) is 5.32 Å². The van der Waals surface area contributed by atoms with Crippen molar-refractivity contribution in [2.75, 3.05) is 6.61 Å². The van der Waals surface area contributed by atoms with Crippen LogP contribution in [0.1, 0.15) is 232 Å². The van der Waals surface area contributed by atoms with Crippen molar-refractivity contribution < 1.29 is 15.0 Å². The molecule has 0 heterocycles. The maximum absolute atomic E-state index is 12.3. The Morgan fingerprint density at radius 2 is 0.792 bits per heavy atom. The van der Waals surface area contributed by atoms with Gasteiger partial charge in [-0.2, -0.15) is 0 Å². The first-order chi connectivity index (χ1) is 23.7. The molecule has 0 rings (SSSR count). The topological polar surface area (TPSA) is 69.6 Å². The zero-order valence-corrected chi connectivity index (χ0v) is 32.5.